The standard InChI is InChI=1S/C14H13BrN2O3/c1-8-4-11(15)14(16-7-8)20-13-6-9(2)12(17(18)19)5-10(13)3/h4-7H,1-3H3. The SMILES string of the molecule is Cc1cnc(Oc2cc(C)c([N+](=O)[O-])cc2C)c(Br)c1. The number of hydrogen-bond donors (Lipinski definition) is 0. The normalized spacial score (nSPS) is 10.4. The molecule has 0 atom stereocenters. The third kappa shape index (κ3) is 2.96. The van der Waals surface area contributed by atoms with Crippen LogP contribution in [0.3, 0.4) is 0 Å². The molecule has 0 unspecified atom stereocenters. The van der Waals surface area contributed by atoms with Gasteiger partial charge in [0.25, 0.3) is 5.69 Å². The number of pyridine rings is 1. The van der Waals surface area contributed by atoms with E-state index in [0.29, 0.717) is 22.8 Å². The van der Waals surface area contributed by atoms with E-state index >= 15 is 0 Å². The highest BCUT2D eigenvalue weighted by atomic mass is 79.9. The average molecular weight is 337 g/mol. The zero-order valence-electron chi connectivity index (χ0n) is 11.3. The van der Waals surface area contributed by atoms with E-state index in [0.717, 1.165) is 10.0 Å². The van der Waals surface area contributed by atoms with Crippen molar-refractivity contribution in [1.29, 1.82) is 0 Å². The van der Waals surface area contributed by atoms with Crippen LogP contribution >= 0.6 is 15.9 Å². The predicted octanol–water partition coefficient (Wildman–Crippen LogP) is 4.47. The van der Waals surface area contributed by atoms with Crippen molar-refractivity contribution in [3.8, 4) is 11.6 Å². The number of aryl methyl sites for hydroxylation is 3. The second-order valence-electron chi connectivity index (χ2n) is 4.56. The van der Waals surface area contributed by atoms with E-state index in [9.17, 15) is 10.1 Å². The molecule has 0 aliphatic heterocycles. The maximum atomic E-state index is 10.9. The summed E-state index contributed by atoms with van der Waals surface area (Å²) in [7, 11) is 0. The number of ether oxygens (including phenoxy) is 1. The summed E-state index contributed by atoms with van der Waals surface area (Å²) in [6, 6.07) is 5.06. The Kier molecular flexibility index (Phi) is 4.04. The first kappa shape index (κ1) is 14.5. The van der Waals surface area contributed by atoms with Crippen LogP contribution in [0.2, 0.25) is 0 Å². The highest BCUT2D eigenvalue weighted by Gasteiger charge is 2.15. The number of aromatic nitrogens is 1. The van der Waals surface area contributed by atoms with Gasteiger partial charge in [0.1, 0.15) is 5.75 Å². The van der Waals surface area contributed by atoms with Crippen molar-refractivity contribution >= 4 is 21.6 Å². The molecule has 5 nitrogen and oxygen atoms in total. The Balaban J connectivity index is 2.39. The minimum absolute atomic E-state index is 0.0887. The molecule has 2 aromatic rings. The molecular weight excluding hydrogens is 324 g/mol. The molecule has 0 fully saturated rings. The lowest BCUT2D eigenvalue weighted by Gasteiger charge is -2.10. The van der Waals surface area contributed by atoms with Crippen molar-refractivity contribution in [2.75, 3.05) is 0 Å². The smallest absolute Gasteiger partial charge is 0.272 e. The van der Waals surface area contributed by atoms with E-state index in [4.69, 9.17) is 4.74 Å². The van der Waals surface area contributed by atoms with E-state index in [1.165, 1.54) is 6.07 Å². The molecule has 0 saturated carbocycles. The molecular formula is C14H13BrN2O3. The molecule has 0 aliphatic rings. The summed E-state index contributed by atoms with van der Waals surface area (Å²) < 4.78 is 6.47. The lowest BCUT2D eigenvalue weighted by molar-refractivity contribution is -0.385. The topological polar surface area (TPSA) is 65.3 Å². The largest absolute Gasteiger partial charge is 0.438 e. The molecule has 1 aromatic carbocycles. The molecule has 0 aliphatic carbocycles. The van der Waals surface area contributed by atoms with Gasteiger partial charge in [-0.25, -0.2) is 4.98 Å². The first-order valence-corrected chi connectivity index (χ1v) is 6.73. The van der Waals surface area contributed by atoms with Crippen LogP contribution in [0, 0.1) is 30.9 Å². The van der Waals surface area contributed by atoms with Crippen LogP contribution in [0.4, 0.5) is 5.69 Å². The third-order valence-electron chi connectivity index (χ3n) is 2.84. The van der Waals surface area contributed by atoms with E-state index in [1.807, 2.05) is 13.0 Å². The van der Waals surface area contributed by atoms with Crippen molar-refractivity contribution in [2.24, 2.45) is 0 Å². The fourth-order valence-electron chi connectivity index (χ4n) is 1.78. The van der Waals surface area contributed by atoms with Gasteiger partial charge in [0.15, 0.2) is 0 Å². The van der Waals surface area contributed by atoms with Crippen molar-refractivity contribution in [1.82, 2.24) is 4.98 Å². The van der Waals surface area contributed by atoms with Gasteiger partial charge in [-0.05, 0) is 60.0 Å². The third-order valence-corrected chi connectivity index (χ3v) is 3.41. The highest BCUT2D eigenvalue weighted by molar-refractivity contribution is 9.10. The van der Waals surface area contributed by atoms with Gasteiger partial charge >= 0.3 is 0 Å². The fraction of sp³-hybridized carbons (Fsp3) is 0.214. The van der Waals surface area contributed by atoms with Crippen molar-refractivity contribution < 1.29 is 9.66 Å². The first-order valence-electron chi connectivity index (χ1n) is 5.94. The van der Waals surface area contributed by atoms with Crippen LogP contribution in [0.1, 0.15) is 16.7 Å². The minimum Gasteiger partial charge on any atom is -0.438 e. The van der Waals surface area contributed by atoms with Gasteiger partial charge in [0.05, 0.1) is 9.40 Å². The molecule has 6 heteroatoms. The summed E-state index contributed by atoms with van der Waals surface area (Å²) in [6.45, 7) is 5.38. The Morgan fingerprint density at radius 2 is 1.90 bits per heavy atom. The number of halogens is 1. The summed E-state index contributed by atoms with van der Waals surface area (Å²) in [5.41, 5.74) is 2.35. The Morgan fingerprint density at radius 3 is 2.50 bits per heavy atom. The number of nitro benzene ring substituents is 1. The quantitative estimate of drug-likeness (QED) is 0.612. The number of nitrogens with zero attached hydrogens (tertiary/aromatic N) is 2. The first-order chi connectivity index (χ1) is 9.38. The van der Waals surface area contributed by atoms with Gasteiger partial charge in [-0.2, -0.15) is 0 Å². The summed E-state index contributed by atoms with van der Waals surface area (Å²) in [6.07, 6.45) is 1.70. The van der Waals surface area contributed by atoms with Gasteiger partial charge in [-0.15, -0.1) is 0 Å². The maximum Gasteiger partial charge on any atom is 0.272 e. The van der Waals surface area contributed by atoms with Gasteiger partial charge in [-0.3, -0.25) is 10.1 Å². The maximum absolute atomic E-state index is 10.9. The van der Waals surface area contributed by atoms with Gasteiger partial charge in [0, 0.05) is 17.8 Å². The molecule has 0 spiro atoms. The zero-order chi connectivity index (χ0) is 14.9. The Morgan fingerprint density at radius 1 is 1.20 bits per heavy atom. The monoisotopic (exact) mass is 336 g/mol. The highest BCUT2D eigenvalue weighted by Crippen LogP contribution is 2.33. The van der Waals surface area contributed by atoms with Crippen molar-refractivity contribution in [3.63, 3.8) is 0 Å². The van der Waals surface area contributed by atoms with Crippen LogP contribution in [-0.4, -0.2) is 9.91 Å². The van der Waals surface area contributed by atoms with Crippen LogP contribution in [-0.2, 0) is 0 Å². The molecule has 1 heterocycles. The molecule has 0 bridgehead atoms. The predicted molar refractivity (Wildman–Crippen MR) is 79.3 cm³/mol. The lowest BCUT2D eigenvalue weighted by atomic mass is 10.1. The molecule has 2 rings (SSSR count). The van der Waals surface area contributed by atoms with Crippen LogP contribution in [0.15, 0.2) is 28.9 Å². The summed E-state index contributed by atoms with van der Waals surface area (Å²) in [5, 5.41) is 10.9. The number of nitro groups is 1. The second kappa shape index (κ2) is 5.58. The lowest BCUT2D eigenvalue weighted by Crippen LogP contribution is -1.96. The van der Waals surface area contributed by atoms with Gasteiger partial charge in [0.2, 0.25) is 5.88 Å². The van der Waals surface area contributed by atoms with Crippen LogP contribution < -0.4 is 4.74 Å². The molecule has 1 aromatic heterocycles. The molecule has 0 saturated heterocycles. The summed E-state index contributed by atoms with van der Waals surface area (Å²) in [5.74, 6) is 0.997. The molecule has 0 radical (unpaired) electrons. The number of hydrogen-bond acceptors (Lipinski definition) is 4. The summed E-state index contributed by atoms with van der Waals surface area (Å²) in [4.78, 5) is 14.7. The van der Waals surface area contributed by atoms with Crippen molar-refractivity contribution in [3.05, 3.63) is 55.7 Å². The number of rotatable bonds is 3. The zero-order valence-corrected chi connectivity index (χ0v) is 12.9. The van der Waals surface area contributed by atoms with E-state index in [-0.39, 0.29) is 5.69 Å². The molecule has 20 heavy (non-hydrogen) atoms. The fourth-order valence-corrected chi connectivity index (χ4v) is 2.33. The number of benzene rings is 1. The molecule has 0 N–H and O–H groups in total. The summed E-state index contributed by atoms with van der Waals surface area (Å²) >= 11 is 3.39. The Hall–Kier alpha value is -1.95. The minimum atomic E-state index is -0.397. The van der Waals surface area contributed by atoms with Crippen LogP contribution in [0.25, 0.3) is 0 Å². The van der Waals surface area contributed by atoms with E-state index < -0.39 is 4.92 Å². The molecule has 0 amide bonds. The van der Waals surface area contributed by atoms with Gasteiger partial charge in [-0.1, -0.05) is 0 Å². The average Bonchev–Trinajstić information content (AvgIpc) is 2.36. The van der Waals surface area contributed by atoms with Gasteiger partial charge < -0.3 is 4.74 Å². The van der Waals surface area contributed by atoms with Crippen molar-refractivity contribution in [2.45, 2.75) is 20.8 Å². The molecule has 104 valence electrons. The van der Waals surface area contributed by atoms with Crippen LogP contribution in [0.5, 0.6) is 11.6 Å². The van der Waals surface area contributed by atoms with E-state index in [1.54, 1.807) is 26.1 Å². The second-order valence-corrected chi connectivity index (χ2v) is 5.42. The Bertz CT molecular complexity index is 686. The van der Waals surface area contributed by atoms with E-state index in [2.05, 4.69) is 20.9 Å². The Labute approximate surface area is 124 Å².